The summed E-state index contributed by atoms with van der Waals surface area (Å²) < 4.78 is 5.42. The van der Waals surface area contributed by atoms with Crippen LogP contribution in [0.25, 0.3) is 0 Å². The zero-order valence-electron chi connectivity index (χ0n) is 10.2. The molecule has 1 aromatic heterocycles. The molecule has 4 nitrogen and oxygen atoms in total. The molecule has 0 saturated carbocycles. The Labute approximate surface area is 105 Å². The summed E-state index contributed by atoms with van der Waals surface area (Å²) in [4.78, 5) is 15.3. The fraction of sp³-hybridized carbons (Fsp3) is 0.500. The lowest BCUT2D eigenvalue weighted by molar-refractivity contribution is -0.137. The summed E-state index contributed by atoms with van der Waals surface area (Å²) in [6.07, 6.45) is 1.64. The van der Waals surface area contributed by atoms with Crippen LogP contribution < -0.4 is 4.74 Å². The smallest absolute Gasteiger partial charge is 0.317 e. The van der Waals surface area contributed by atoms with Gasteiger partial charge in [-0.1, -0.05) is 25.6 Å². The van der Waals surface area contributed by atoms with E-state index in [1.54, 1.807) is 18.3 Å². The minimum absolute atomic E-state index is 0.0361. The molecule has 1 N–H and O–H groups in total. The van der Waals surface area contributed by atoms with Gasteiger partial charge in [-0.05, 0) is 25.0 Å². The number of carboxylic acids is 1. The van der Waals surface area contributed by atoms with Gasteiger partial charge in [0.15, 0.2) is 5.75 Å². The third-order valence-electron chi connectivity index (χ3n) is 2.12. The highest BCUT2D eigenvalue weighted by atomic mass is 32.2. The normalized spacial score (nSPS) is 12.5. The van der Waals surface area contributed by atoms with Crippen molar-refractivity contribution in [2.45, 2.75) is 31.0 Å². The van der Waals surface area contributed by atoms with Crippen LogP contribution in [0.3, 0.4) is 0 Å². The maximum atomic E-state index is 11.1. The quantitative estimate of drug-likeness (QED) is 0.792. The minimum atomic E-state index is -0.821. The number of aliphatic carboxylic acids is 1. The van der Waals surface area contributed by atoms with Crippen molar-refractivity contribution in [1.82, 2.24) is 4.98 Å². The number of carboxylic acid groups (broad SMARTS) is 1. The number of pyridine rings is 1. The summed E-state index contributed by atoms with van der Waals surface area (Å²) in [6, 6.07) is 3.58. The van der Waals surface area contributed by atoms with Gasteiger partial charge >= 0.3 is 5.97 Å². The van der Waals surface area contributed by atoms with E-state index in [-0.39, 0.29) is 5.92 Å². The largest absolute Gasteiger partial charge is 0.491 e. The van der Waals surface area contributed by atoms with E-state index in [9.17, 15) is 4.79 Å². The zero-order valence-corrected chi connectivity index (χ0v) is 11.0. The van der Waals surface area contributed by atoms with Crippen LogP contribution in [0.2, 0.25) is 0 Å². The number of nitrogens with zero attached hydrogens (tertiary/aromatic N) is 1. The van der Waals surface area contributed by atoms with Gasteiger partial charge in [-0.3, -0.25) is 4.79 Å². The Hall–Kier alpha value is -1.23. The third-order valence-corrected chi connectivity index (χ3v) is 3.65. The van der Waals surface area contributed by atoms with Crippen molar-refractivity contribution in [1.29, 1.82) is 0 Å². The predicted molar refractivity (Wildman–Crippen MR) is 67.5 cm³/mol. The van der Waals surface area contributed by atoms with Crippen molar-refractivity contribution < 1.29 is 14.6 Å². The summed E-state index contributed by atoms with van der Waals surface area (Å²) in [6.45, 7) is 6.20. The molecule has 0 aliphatic rings. The molecule has 0 aliphatic heterocycles. The standard InChI is InChI=1S/C12H17NO3S/c1-4-16-9-6-5-7-13-11(9)17-10(8(2)3)12(14)15/h5-8,10H,4H2,1-3H3,(H,14,15). The number of hydrogen-bond acceptors (Lipinski definition) is 4. The van der Waals surface area contributed by atoms with E-state index >= 15 is 0 Å². The molecule has 0 amide bonds. The molecule has 0 radical (unpaired) electrons. The molecule has 94 valence electrons. The Balaban J connectivity index is 2.88. The predicted octanol–water partition coefficient (Wildman–Crippen LogP) is 2.68. The number of aromatic nitrogens is 1. The van der Waals surface area contributed by atoms with Crippen molar-refractivity contribution in [2.75, 3.05) is 6.61 Å². The van der Waals surface area contributed by atoms with Crippen LogP contribution in [0.1, 0.15) is 20.8 Å². The summed E-state index contributed by atoms with van der Waals surface area (Å²) in [5.74, 6) is -0.140. The summed E-state index contributed by atoms with van der Waals surface area (Å²) in [7, 11) is 0. The Kier molecular flexibility index (Phi) is 5.28. The summed E-state index contributed by atoms with van der Waals surface area (Å²) >= 11 is 1.24. The lowest BCUT2D eigenvalue weighted by Crippen LogP contribution is -2.22. The molecule has 0 spiro atoms. The Morgan fingerprint density at radius 3 is 2.82 bits per heavy atom. The van der Waals surface area contributed by atoms with E-state index < -0.39 is 11.2 Å². The van der Waals surface area contributed by atoms with E-state index in [1.165, 1.54) is 11.8 Å². The lowest BCUT2D eigenvalue weighted by atomic mass is 10.1. The second-order valence-corrected chi connectivity index (χ2v) is 4.99. The number of ether oxygens (including phenoxy) is 1. The first-order chi connectivity index (χ1) is 8.06. The summed E-state index contributed by atoms with van der Waals surface area (Å²) in [5.41, 5.74) is 0. The van der Waals surface area contributed by atoms with Gasteiger partial charge in [-0.2, -0.15) is 0 Å². The van der Waals surface area contributed by atoms with Gasteiger partial charge in [0.1, 0.15) is 10.3 Å². The zero-order chi connectivity index (χ0) is 12.8. The fourth-order valence-corrected chi connectivity index (χ4v) is 2.30. The highest BCUT2D eigenvalue weighted by Gasteiger charge is 2.24. The molecule has 0 bridgehead atoms. The molecule has 0 fully saturated rings. The van der Waals surface area contributed by atoms with Crippen LogP contribution in [-0.2, 0) is 4.79 Å². The van der Waals surface area contributed by atoms with Crippen molar-refractivity contribution >= 4 is 17.7 Å². The van der Waals surface area contributed by atoms with E-state index in [1.807, 2.05) is 20.8 Å². The van der Waals surface area contributed by atoms with Crippen LogP contribution in [0.15, 0.2) is 23.4 Å². The lowest BCUT2D eigenvalue weighted by Gasteiger charge is -2.16. The molecule has 1 unspecified atom stereocenters. The first kappa shape index (κ1) is 13.8. The highest BCUT2D eigenvalue weighted by Crippen LogP contribution is 2.33. The third kappa shape index (κ3) is 3.93. The number of carbonyl (C=O) groups is 1. The molecule has 0 aromatic carbocycles. The Bertz CT molecular complexity index is 382. The van der Waals surface area contributed by atoms with Gasteiger partial charge in [0.2, 0.25) is 0 Å². The van der Waals surface area contributed by atoms with Crippen LogP contribution in [-0.4, -0.2) is 27.9 Å². The van der Waals surface area contributed by atoms with Crippen molar-refractivity contribution in [3.05, 3.63) is 18.3 Å². The SMILES string of the molecule is CCOc1cccnc1SC(C(=O)O)C(C)C. The average molecular weight is 255 g/mol. The molecule has 0 saturated heterocycles. The van der Waals surface area contributed by atoms with Crippen LogP contribution >= 0.6 is 11.8 Å². The Morgan fingerprint density at radius 1 is 1.59 bits per heavy atom. The highest BCUT2D eigenvalue weighted by molar-refractivity contribution is 8.00. The topological polar surface area (TPSA) is 59.4 Å². The second-order valence-electron chi connectivity index (χ2n) is 3.86. The number of hydrogen-bond donors (Lipinski definition) is 1. The van der Waals surface area contributed by atoms with Crippen molar-refractivity contribution in [3.8, 4) is 5.75 Å². The molecule has 17 heavy (non-hydrogen) atoms. The van der Waals surface area contributed by atoms with Crippen LogP contribution in [0.5, 0.6) is 5.75 Å². The Morgan fingerprint density at radius 2 is 2.29 bits per heavy atom. The van der Waals surface area contributed by atoms with Gasteiger partial charge in [0, 0.05) is 6.20 Å². The molecule has 0 aliphatic carbocycles. The molecule has 5 heteroatoms. The maximum absolute atomic E-state index is 11.1. The number of thioether (sulfide) groups is 1. The fourth-order valence-electron chi connectivity index (χ4n) is 1.32. The van der Waals surface area contributed by atoms with Gasteiger partial charge in [0.25, 0.3) is 0 Å². The van der Waals surface area contributed by atoms with Crippen molar-refractivity contribution in [3.63, 3.8) is 0 Å². The average Bonchev–Trinajstić information content (AvgIpc) is 2.27. The molecule has 1 rings (SSSR count). The van der Waals surface area contributed by atoms with Crippen molar-refractivity contribution in [2.24, 2.45) is 5.92 Å². The summed E-state index contributed by atoms with van der Waals surface area (Å²) in [5, 5.41) is 9.26. The molecule has 1 atom stereocenters. The molecule has 1 aromatic rings. The van der Waals surface area contributed by atoms with E-state index in [4.69, 9.17) is 9.84 Å². The molecular weight excluding hydrogens is 238 g/mol. The van der Waals surface area contributed by atoms with Crippen LogP contribution in [0, 0.1) is 5.92 Å². The first-order valence-electron chi connectivity index (χ1n) is 5.53. The van der Waals surface area contributed by atoms with E-state index in [2.05, 4.69) is 4.98 Å². The van der Waals surface area contributed by atoms with Gasteiger partial charge in [-0.25, -0.2) is 4.98 Å². The maximum Gasteiger partial charge on any atom is 0.317 e. The van der Waals surface area contributed by atoms with E-state index in [0.717, 1.165) is 0 Å². The van der Waals surface area contributed by atoms with Crippen LogP contribution in [0.4, 0.5) is 0 Å². The van der Waals surface area contributed by atoms with Gasteiger partial charge in [-0.15, -0.1) is 0 Å². The van der Waals surface area contributed by atoms with Gasteiger partial charge < -0.3 is 9.84 Å². The first-order valence-corrected chi connectivity index (χ1v) is 6.41. The molecule has 1 heterocycles. The van der Waals surface area contributed by atoms with Gasteiger partial charge in [0.05, 0.1) is 6.61 Å². The number of rotatable bonds is 6. The minimum Gasteiger partial charge on any atom is -0.491 e. The second kappa shape index (κ2) is 6.49. The monoisotopic (exact) mass is 255 g/mol. The van der Waals surface area contributed by atoms with E-state index in [0.29, 0.717) is 17.4 Å². The molecular formula is C12H17NO3S.